The average molecular weight is 333 g/mol. The van der Waals surface area contributed by atoms with Crippen LogP contribution in [0.1, 0.15) is 49.7 Å². The van der Waals surface area contributed by atoms with Crippen LogP contribution in [0, 0.1) is 19.8 Å². The predicted octanol–water partition coefficient (Wildman–Crippen LogP) is 3.22. The molecule has 1 saturated carbocycles. The van der Waals surface area contributed by atoms with Crippen LogP contribution in [0.5, 0.6) is 5.75 Å². The van der Waals surface area contributed by atoms with Crippen LogP contribution in [0.4, 0.5) is 0 Å². The van der Waals surface area contributed by atoms with Gasteiger partial charge >= 0.3 is 5.97 Å². The summed E-state index contributed by atoms with van der Waals surface area (Å²) in [4.78, 5) is 23.0. The molecule has 0 radical (unpaired) electrons. The number of benzene rings is 1. The van der Waals surface area contributed by atoms with E-state index in [0.29, 0.717) is 31.8 Å². The molecule has 1 aromatic rings. The second kappa shape index (κ2) is 8.71. The Balaban J connectivity index is 1.63. The van der Waals surface area contributed by atoms with Crippen LogP contribution in [-0.2, 0) is 9.59 Å². The third-order valence-corrected chi connectivity index (χ3v) is 4.30. The Bertz CT molecular complexity index is 581. The largest absolute Gasteiger partial charge is 0.493 e. The number of carboxylic acids is 1. The van der Waals surface area contributed by atoms with Gasteiger partial charge in [-0.05, 0) is 56.2 Å². The van der Waals surface area contributed by atoms with Gasteiger partial charge < -0.3 is 15.2 Å². The summed E-state index contributed by atoms with van der Waals surface area (Å²) in [6, 6.07) is 5.35. The van der Waals surface area contributed by atoms with Gasteiger partial charge in [-0.3, -0.25) is 4.79 Å². The monoisotopic (exact) mass is 333 g/mol. The highest BCUT2D eigenvalue weighted by Gasteiger charge is 2.29. The van der Waals surface area contributed by atoms with E-state index in [1.807, 2.05) is 32.0 Å². The number of aryl methyl sites for hydroxylation is 2. The van der Waals surface area contributed by atoms with Gasteiger partial charge in [-0.2, -0.15) is 0 Å². The summed E-state index contributed by atoms with van der Waals surface area (Å²) in [5, 5.41) is 11.8. The highest BCUT2D eigenvalue weighted by Crippen LogP contribution is 2.33. The summed E-state index contributed by atoms with van der Waals surface area (Å²) in [5.74, 6) is 0.232. The number of hydrogen-bond acceptors (Lipinski definition) is 3. The van der Waals surface area contributed by atoms with Crippen molar-refractivity contribution in [3.8, 4) is 5.75 Å². The van der Waals surface area contributed by atoms with Crippen molar-refractivity contribution < 1.29 is 19.4 Å². The predicted molar refractivity (Wildman–Crippen MR) is 92.2 cm³/mol. The number of carboxylic acid groups (broad SMARTS) is 1. The Hall–Kier alpha value is -2.04. The van der Waals surface area contributed by atoms with Crippen molar-refractivity contribution >= 4 is 11.9 Å². The SMILES string of the molecule is Cc1ccc(C)c(OCCCCC(=O)NC(CC2CC2)C(=O)O)c1. The minimum atomic E-state index is -0.937. The van der Waals surface area contributed by atoms with Gasteiger partial charge in [0.25, 0.3) is 0 Å². The number of carbonyl (C=O) groups is 2. The van der Waals surface area contributed by atoms with Gasteiger partial charge in [-0.1, -0.05) is 25.0 Å². The fourth-order valence-electron chi connectivity index (χ4n) is 2.61. The molecule has 2 rings (SSSR count). The van der Waals surface area contributed by atoms with Crippen molar-refractivity contribution in [1.29, 1.82) is 0 Å². The van der Waals surface area contributed by atoms with Crippen molar-refractivity contribution in [1.82, 2.24) is 5.32 Å². The molecule has 1 unspecified atom stereocenters. The molecule has 1 atom stereocenters. The van der Waals surface area contributed by atoms with Gasteiger partial charge in [0.05, 0.1) is 6.61 Å². The zero-order chi connectivity index (χ0) is 17.5. The first-order chi connectivity index (χ1) is 11.5. The van der Waals surface area contributed by atoms with Gasteiger partial charge in [0.2, 0.25) is 5.91 Å². The Morgan fingerprint density at radius 2 is 2.04 bits per heavy atom. The van der Waals surface area contributed by atoms with Crippen LogP contribution >= 0.6 is 0 Å². The summed E-state index contributed by atoms with van der Waals surface area (Å²) in [7, 11) is 0. The minimum absolute atomic E-state index is 0.185. The first kappa shape index (κ1) is 18.3. The number of unbranched alkanes of at least 4 members (excludes halogenated alkanes) is 1. The van der Waals surface area contributed by atoms with Crippen LogP contribution in [0.25, 0.3) is 0 Å². The summed E-state index contributed by atoms with van der Waals surface area (Å²) in [5.41, 5.74) is 2.26. The average Bonchev–Trinajstić information content (AvgIpc) is 3.33. The first-order valence-corrected chi connectivity index (χ1v) is 8.68. The molecular formula is C19H27NO4. The third kappa shape index (κ3) is 6.22. The molecule has 0 aromatic heterocycles. The molecule has 24 heavy (non-hydrogen) atoms. The molecule has 0 spiro atoms. The molecule has 1 amide bonds. The Labute approximate surface area is 143 Å². The lowest BCUT2D eigenvalue weighted by Gasteiger charge is -2.14. The molecule has 1 aromatic carbocycles. The topological polar surface area (TPSA) is 75.6 Å². The maximum Gasteiger partial charge on any atom is 0.326 e. The fourth-order valence-corrected chi connectivity index (χ4v) is 2.61. The number of aliphatic carboxylic acids is 1. The van der Waals surface area contributed by atoms with E-state index in [0.717, 1.165) is 36.1 Å². The summed E-state index contributed by atoms with van der Waals surface area (Å²) in [6.07, 6.45) is 4.50. The molecular weight excluding hydrogens is 306 g/mol. The normalized spacial score (nSPS) is 14.9. The number of carbonyl (C=O) groups excluding carboxylic acids is 1. The standard InChI is InChI=1S/C19H27NO4/c1-13-6-7-14(2)17(11-13)24-10-4-3-5-18(21)20-16(19(22)23)12-15-8-9-15/h6-7,11,15-16H,3-5,8-10,12H2,1-2H3,(H,20,21)(H,22,23). The van der Waals surface area contributed by atoms with Crippen molar-refractivity contribution in [3.05, 3.63) is 29.3 Å². The first-order valence-electron chi connectivity index (χ1n) is 8.68. The van der Waals surface area contributed by atoms with Crippen molar-refractivity contribution in [2.45, 2.75) is 58.4 Å². The van der Waals surface area contributed by atoms with Crippen LogP contribution < -0.4 is 10.1 Å². The molecule has 2 N–H and O–H groups in total. The fraction of sp³-hybridized carbons (Fsp3) is 0.579. The molecule has 5 heteroatoms. The minimum Gasteiger partial charge on any atom is -0.493 e. The Kier molecular flexibility index (Phi) is 6.64. The number of amides is 1. The van der Waals surface area contributed by atoms with E-state index in [1.165, 1.54) is 0 Å². The maximum absolute atomic E-state index is 11.9. The van der Waals surface area contributed by atoms with E-state index in [-0.39, 0.29) is 5.91 Å². The molecule has 0 aliphatic heterocycles. The van der Waals surface area contributed by atoms with Gasteiger partial charge in [0.15, 0.2) is 0 Å². The highest BCUT2D eigenvalue weighted by atomic mass is 16.5. The number of ether oxygens (including phenoxy) is 1. The van der Waals surface area contributed by atoms with Crippen LogP contribution in [0.3, 0.4) is 0 Å². The number of rotatable bonds is 10. The summed E-state index contributed by atoms with van der Waals surface area (Å²) < 4.78 is 5.75. The maximum atomic E-state index is 11.9. The van der Waals surface area contributed by atoms with Crippen molar-refractivity contribution in [2.24, 2.45) is 5.92 Å². The Morgan fingerprint density at radius 1 is 1.29 bits per heavy atom. The van der Waals surface area contributed by atoms with Crippen LogP contribution in [0.15, 0.2) is 18.2 Å². The molecule has 1 fully saturated rings. The lowest BCUT2D eigenvalue weighted by atomic mass is 10.1. The quantitative estimate of drug-likeness (QED) is 0.645. The van der Waals surface area contributed by atoms with E-state index >= 15 is 0 Å². The third-order valence-electron chi connectivity index (χ3n) is 4.30. The summed E-state index contributed by atoms with van der Waals surface area (Å²) in [6.45, 7) is 4.59. The highest BCUT2D eigenvalue weighted by molar-refractivity contribution is 5.83. The van der Waals surface area contributed by atoms with E-state index in [1.54, 1.807) is 0 Å². The molecule has 1 aliphatic carbocycles. The second-order valence-corrected chi connectivity index (χ2v) is 6.71. The van der Waals surface area contributed by atoms with Gasteiger partial charge in [0, 0.05) is 6.42 Å². The molecule has 132 valence electrons. The Morgan fingerprint density at radius 3 is 2.71 bits per heavy atom. The van der Waals surface area contributed by atoms with Crippen molar-refractivity contribution in [2.75, 3.05) is 6.61 Å². The van der Waals surface area contributed by atoms with Gasteiger partial charge in [0.1, 0.15) is 11.8 Å². The lowest BCUT2D eigenvalue weighted by Crippen LogP contribution is -2.41. The number of nitrogens with one attached hydrogen (secondary N) is 1. The second-order valence-electron chi connectivity index (χ2n) is 6.71. The van der Waals surface area contributed by atoms with E-state index in [9.17, 15) is 9.59 Å². The zero-order valence-electron chi connectivity index (χ0n) is 14.5. The van der Waals surface area contributed by atoms with E-state index in [2.05, 4.69) is 5.32 Å². The van der Waals surface area contributed by atoms with Crippen LogP contribution in [0.2, 0.25) is 0 Å². The van der Waals surface area contributed by atoms with Gasteiger partial charge in [-0.15, -0.1) is 0 Å². The summed E-state index contributed by atoms with van der Waals surface area (Å²) >= 11 is 0. The van der Waals surface area contributed by atoms with E-state index in [4.69, 9.17) is 9.84 Å². The molecule has 0 heterocycles. The molecule has 0 bridgehead atoms. The number of hydrogen-bond donors (Lipinski definition) is 2. The molecule has 0 saturated heterocycles. The molecule has 1 aliphatic rings. The van der Waals surface area contributed by atoms with Crippen molar-refractivity contribution in [3.63, 3.8) is 0 Å². The smallest absolute Gasteiger partial charge is 0.326 e. The molecule has 5 nitrogen and oxygen atoms in total. The zero-order valence-corrected chi connectivity index (χ0v) is 14.5. The lowest BCUT2D eigenvalue weighted by molar-refractivity contribution is -0.142. The van der Waals surface area contributed by atoms with Gasteiger partial charge in [-0.25, -0.2) is 4.79 Å². The van der Waals surface area contributed by atoms with Crippen LogP contribution in [-0.4, -0.2) is 29.6 Å². The van der Waals surface area contributed by atoms with E-state index < -0.39 is 12.0 Å².